The van der Waals surface area contributed by atoms with Gasteiger partial charge in [0, 0.05) is 15.7 Å². The smallest absolute Gasteiger partial charge is 0.227 e. The molecule has 1 aliphatic rings. The first kappa shape index (κ1) is 13.6. The maximum Gasteiger partial charge on any atom is 0.227 e. The van der Waals surface area contributed by atoms with Gasteiger partial charge >= 0.3 is 0 Å². The number of halogens is 1. The molecule has 0 saturated carbocycles. The van der Waals surface area contributed by atoms with Crippen molar-refractivity contribution in [1.29, 1.82) is 0 Å². The van der Waals surface area contributed by atoms with E-state index in [4.69, 9.17) is 0 Å². The number of anilines is 1. The van der Waals surface area contributed by atoms with E-state index in [0.717, 1.165) is 18.5 Å². The highest BCUT2D eigenvalue weighted by Crippen LogP contribution is 2.35. The van der Waals surface area contributed by atoms with Crippen LogP contribution in [-0.2, 0) is 4.79 Å². The average molecular weight is 377 g/mol. The number of para-hydroxylation sites is 1. The van der Waals surface area contributed by atoms with Crippen LogP contribution in [0, 0.1) is 3.57 Å². The lowest BCUT2D eigenvalue weighted by molar-refractivity contribution is -0.120. The molecule has 20 heavy (non-hydrogen) atoms. The summed E-state index contributed by atoms with van der Waals surface area (Å²) in [6.45, 7) is 0. The Balaban J connectivity index is 1.98. The second-order valence-corrected chi connectivity index (χ2v) is 6.30. The number of hydrogen-bond donors (Lipinski definition) is 0. The van der Waals surface area contributed by atoms with E-state index in [1.165, 1.54) is 9.13 Å². The topological polar surface area (TPSA) is 20.3 Å². The fourth-order valence-electron chi connectivity index (χ4n) is 2.78. The summed E-state index contributed by atoms with van der Waals surface area (Å²) in [5.41, 5.74) is 2.23. The van der Waals surface area contributed by atoms with Crippen LogP contribution < -0.4 is 4.90 Å². The summed E-state index contributed by atoms with van der Waals surface area (Å²) in [7, 11) is 0. The van der Waals surface area contributed by atoms with Gasteiger partial charge in [0.15, 0.2) is 0 Å². The number of nitrogens with zero attached hydrogens (tertiary/aromatic N) is 1. The van der Waals surface area contributed by atoms with Gasteiger partial charge in [-0.05, 0) is 65.3 Å². The zero-order chi connectivity index (χ0) is 13.9. The van der Waals surface area contributed by atoms with Crippen LogP contribution in [0.1, 0.15) is 30.9 Å². The molecule has 0 aromatic heterocycles. The van der Waals surface area contributed by atoms with Gasteiger partial charge in [0.25, 0.3) is 0 Å². The molecule has 0 aliphatic carbocycles. The first-order chi connectivity index (χ1) is 9.75. The molecule has 2 aromatic rings. The molecule has 0 N–H and O–H groups in total. The van der Waals surface area contributed by atoms with E-state index in [1.807, 2.05) is 35.2 Å². The van der Waals surface area contributed by atoms with Gasteiger partial charge in [-0.1, -0.05) is 30.3 Å². The fraction of sp³-hybridized carbons (Fsp3) is 0.235. The SMILES string of the molecule is O=C1CCCC(c2ccc(I)cc2)N1c1ccccc1. The molecule has 0 radical (unpaired) electrons. The highest BCUT2D eigenvalue weighted by molar-refractivity contribution is 14.1. The predicted molar refractivity (Wildman–Crippen MR) is 89.7 cm³/mol. The van der Waals surface area contributed by atoms with Crippen molar-refractivity contribution in [3.05, 3.63) is 63.7 Å². The molecule has 1 fully saturated rings. The van der Waals surface area contributed by atoms with Gasteiger partial charge in [0.1, 0.15) is 0 Å². The molecule has 1 amide bonds. The fourth-order valence-corrected chi connectivity index (χ4v) is 3.14. The number of amides is 1. The van der Waals surface area contributed by atoms with Gasteiger partial charge in [0.2, 0.25) is 5.91 Å². The number of benzene rings is 2. The van der Waals surface area contributed by atoms with Crippen molar-refractivity contribution in [2.45, 2.75) is 25.3 Å². The van der Waals surface area contributed by atoms with E-state index in [-0.39, 0.29) is 11.9 Å². The molecule has 1 aliphatic heterocycles. The predicted octanol–water partition coefficient (Wildman–Crippen LogP) is 4.55. The van der Waals surface area contributed by atoms with E-state index < -0.39 is 0 Å². The van der Waals surface area contributed by atoms with E-state index in [2.05, 4.69) is 46.9 Å². The maximum absolute atomic E-state index is 12.4. The van der Waals surface area contributed by atoms with Crippen LogP contribution in [0.2, 0.25) is 0 Å². The van der Waals surface area contributed by atoms with Crippen molar-refractivity contribution in [3.63, 3.8) is 0 Å². The first-order valence-electron chi connectivity index (χ1n) is 6.88. The summed E-state index contributed by atoms with van der Waals surface area (Å²) in [6.07, 6.45) is 2.65. The van der Waals surface area contributed by atoms with E-state index in [1.54, 1.807) is 0 Å². The third-order valence-electron chi connectivity index (χ3n) is 3.74. The summed E-state index contributed by atoms with van der Waals surface area (Å²) in [5, 5.41) is 0. The Morgan fingerprint density at radius 1 is 1.00 bits per heavy atom. The molecule has 2 nitrogen and oxygen atoms in total. The van der Waals surface area contributed by atoms with Gasteiger partial charge in [0.05, 0.1) is 6.04 Å². The normalized spacial score (nSPS) is 19.1. The van der Waals surface area contributed by atoms with Gasteiger partial charge in [-0.2, -0.15) is 0 Å². The van der Waals surface area contributed by atoms with Gasteiger partial charge in [-0.15, -0.1) is 0 Å². The summed E-state index contributed by atoms with van der Waals surface area (Å²) in [5.74, 6) is 0.228. The van der Waals surface area contributed by atoms with Crippen LogP contribution in [0.4, 0.5) is 5.69 Å². The van der Waals surface area contributed by atoms with Gasteiger partial charge < -0.3 is 4.90 Å². The van der Waals surface area contributed by atoms with Crippen LogP contribution in [0.25, 0.3) is 0 Å². The molecule has 3 rings (SSSR count). The second-order valence-electron chi connectivity index (χ2n) is 5.06. The van der Waals surface area contributed by atoms with Crippen LogP contribution in [0.15, 0.2) is 54.6 Å². The Hall–Kier alpha value is -1.36. The molecular weight excluding hydrogens is 361 g/mol. The standard InChI is InChI=1S/C17H16INO/c18-14-11-9-13(10-12-14)16-7-4-8-17(20)19(16)15-5-2-1-3-6-15/h1-3,5-6,9-12,16H,4,7-8H2. The number of carbonyl (C=O) groups excluding carboxylic acids is 1. The molecule has 1 unspecified atom stereocenters. The zero-order valence-corrected chi connectivity index (χ0v) is 13.3. The number of hydrogen-bond acceptors (Lipinski definition) is 1. The molecular formula is C17H16INO. The molecule has 1 heterocycles. The average Bonchev–Trinajstić information content (AvgIpc) is 2.49. The van der Waals surface area contributed by atoms with Crippen molar-refractivity contribution in [2.24, 2.45) is 0 Å². The molecule has 2 aromatic carbocycles. The minimum atomic E-state index is 0.163. The molecule has 0 bridgehead atoms. The van der Waals surface area contributed by atoms with Crippen molar-refractivity contribution in [2.75, 3.05) is 4.90 Å². The Morgan fingerprint density at radius 2 is 1.70 bits per heavy atom. The molecule has 0 spiro atoms. The number of carbonyl (C=O) groups is 1. The van der Waals surface area contributed by atoms with Gasteiger partial charge in [-0.3, -0.25) is 4.79 Å². The molecule has 3 heteroatoms. The summed E-state index contributed by atoms with van der Waals surface area (Å²) >= 11 is 2.31. The van der Waals surface area contributed by atoms with Crippen LogP contribution in [-0.4, -0.2) is 5.91 Å². The van der Waals surface area contributed by atoms with E-state index in [0.29, 0.717) is 6.42 Å². The second kappa shape index (κ2) is 5.95. The lowest BCUT2D eigenvalue weighted by Gasteiger charge is -2.36. The van der Waals surface area contributed by atoms with Gasteiger partial charge in [-0.25, -0.2) is 0 Å². The van der Waals surface area contributed by atoms with Crippen molar-refractivity contribution >= 4 is 34.2 Å². The quantitative estimate of drug-likeness (QED) is 0.704. The van der Waals surface area contributed by atoms with Crippen molar-refractivity contribution in [1.82, 2.24) is 0 Å². The lowest BCUT2D eigenvalue weighted by Crippen LogP contribution is -2.38. The summed E-state index contributed by atoms with van der Waals surface area (Å²) in [6, 6.07) is 18.7. The Morgan fingerprint density at radius 3 is 2.40 bits per heavy atom. The zero-order valence-electron chi connectivity index (χ0n) is 11.1. The Kier molecular flexibility index (Phi) is 4.05. The van der Waals surface area contributed by atoms with Crippen molar-refractivity contribution < 1.29 is 4.79 Å². The highest BCUT2D eigenvalue weighted by atomic mass is 127. The minimum Gasteiger partial charge on any atom is -0.305 e. The van der Waals surface area contributed by atoms with E-state index >= 15 is 0 Å². The third kappa shape index (κ3) is 2.73. The highest BCUT2D eigenvalue weighted by Gasteiger charge is 2.30. The maximum atomic E-state index is 12.4. The number of piperidine rings is 1. The lowest BCUT2D eigenvalue weighted by atomic mass is 9.94. The van der Waals surface area contributed by atoms with Crippen LogP contribution in [0.5, 0.6) is 0 Å². The molecule has 1 atom stereocenters. The third-order valence-corrected chi connectivity index (χ3v) is 4.46. The van der Waals surface area contributed by atoms with Crippen LogP contribution >= 0.6 is 22.6 Å². The van der Waals surface area contributed by atoms with E-state index in [9.17, 15) is 4.79 Å². The molecule has 102 valence electrons. The number of rotatable bonds is 2. The summed E-state index contributed by atoms with van der Waals surface area (Å²) in [4.78, 5) is 14.3. The van der Waals surface area contributed by atoms with Crippen LogP contribution in [0.3, 0.4) is 0 Å². The molecule has 1 saturated heterocycles. The Labute approximate surface area is 132 Å². The summed E-state index contributed by atoms with van der Waals surface area (Å²) < 4.78 is 1.22. The Bertz CT molecular complexity index is 594. The first-order valence-corrected chi connectivity index (χ1v) is 7.96. The van der Waals surface area contributed by atoms with Crippen molar-refractivity contribution in [3.8, 4) is 0 Å². The monoisotopic (exact) mass is 377 g/mol. The largest absolute Gasteiger partial charge is 0.305 e. The minimum absolute atomic E-state index is 0.163.